The van der Waals surface area contributed by atoms with Crippen LogP contribution in [0.4, 0.5) is 0 Å². The first kappa shape index (κ1) is 9.95. The zero-order valence-electron chi connectivity index (χ0n) is 6.72. The fourth-order valence-electron chi connectivity index (χ4n) is 0.744. The monoisotopic (exact) mass is 207 g/mol. The van der Waals surface area contributed by atoms with Crippen LogP contribution < -0.4 is 0 Å². The van der Waals surface area contributed by atoms with Crippen LogP contribution in [0.25, 0.3) is 0 Å². The molecule has 2 nitrogen and oxygen atoms in total. The van der Waals surface area contributed by atoms with Crippen molar-refractivity contribution in [3.63, 3.8) is 0 Å². The van der Waals surface area contributed by atoms with Crippen molar-refractivity contribution in [2.24, 2.45) is 0 Å². The van der Waals surface area contributed by atoms with Crippen molar-refractivity contribution >= 4 is 21.8 Å². The fraction of sp³-hybridized carbons (Fsp3) is 0.857. The minimum absolute atomic E-state index is 0.131. The van der Waals surface area contributed by atoms with Crippen LogP contribution in [0, 0.1) is 0 Å². The summed E-state index contributed by atoms with van der Waals surface area (Å²) in [6.07, 6.45) is 1.00. The predicted molar refractivity (Wildman–Crippen MR) is 46.3 cm³/mol. The highest BCUT2D eigenvalue weighted by atomic mass is 79.9. The van der Waals surface area contributed by atoms with Gasteiger partial charge in [-0.15, -0.1) is 0 Å². The first-order valence-corrected chi connectivity index (χ1v) is 4.55. The zero-order chi connectivity index (χ0) is 8.15. The van der Waals surface area contributed by atoms with E-state index in [1.807, 2.05) is 7.05 Å². The van der Waals surface area contributed by atoms with Crippen LogP contribution >= 0.6 is 15.9 Å². The lowest BCUT2D eigenvalue weighted by Gasteiger charge is -2.23. The molecule has 0 aromatic rings. The molecule has 0 saturated heterocycles. The van der Waals surface area contributed by atoms with Crippen molar-refractivity contribution in [2.45, 2.75) is 26.3 Å². The topological polar surface area (TPSA) is 20.3 Å². The summed E-state index contributed by atoms with van der Waals surface area (Å²) in [7, 11) is 1.83. The first-order valence-electron chi connectivity index (χ1n) is 3.42. The number of carbonyl (C=O) groups excluding carboxylic acids is 1. The molecule has 0 bridgehead atoms. The summed E-state index contributed by atoms with van der Waals surface area (Å²) < 4.78 is 0. The highest BCUT2D eigenvalue weighted by Crippen LogP contribution is 2.04. The van der Waals surface area contributed by atoms with E-state index in [0.29, 0.717) is 6.04 Å². The van der Waals surface area contributed by atoms with Gasteiger partial charge in [-0.3, -0.25) is 4.79 Å². The summed E-state index contributed by atoms with van der Waals surface area (Å²) in [6, 6.07) is 0.345. The van der Waals surface area contributed by atoms with Crippen LogP contribution in [0.3, 0.4) is 0 Å². The fourth-order valence-corrected chi connectivity index (χ4v) is 1.64. The second-order valence-corrected chi connectivity index (χ2v) is 2.99. The van der Waals surface area contributed by atoms with E-state index in [4.69, 9.17) is 0 Å². The number of nitrogens with zero attached hydrogens (tertiary/aromatic N) is 1. The molecule has 0 saturated carbocycles. The lowest BCUT2D eigenvalue weighted by atomic mass is 10.2. The van der Waals surface area contributed by atoms with Gasteiger partial charge in [0.1, 0.15) is 0 Å². The molecule has 0 aromatic carbocycles. The predicted octanol–water partition coefficient (Wildman–Crippen LogP) is 1.64. The minimum atomic E-state index is 0.131. The number of amides is 1. The molecule has 0 heterocycles. The van der Waals surface area contributed by atoms with E-state index in [1.165, 1.54) is 0 Å². The minimum Gasteiger partial charge on any atom is -0.342 e. The zero-order valence-corrected chi connectivity index (χ0v) is 8.31. The smallest absolute Gasteiger partial charge is 0.219 e. The van der Waals surface area contributed by atoms with Crippen LogP contribution in [0.2, 0.25) is 0 Å². The maximum atomic E-state index is 10.8. The van der Waals surface area contributed by atoms with E-state index in [0.717, 1.165) is 11.8 Å². The highest BCUT2D eigenvalue weighted by Gasteiger charge is 2.12. The number of alkyl halides is 1. The molecule has 1 atom stereocenters. The molecule has 0 rings (SSSR count). The lowest BCUT2D eigenvalue weighted by Crippen LogP contribution is -2.35. The van der Waals surface area contributed by atoms with E-state index < -0.39 is 0 Å². The summed E-state index contributed by atoms with van der Waals surface area (Å²) in [5, 5.41) is 0.861. The molecule has 0 aliphatic heterocycles. The van der Waals surface area contributed by atoms with Gasteiger partial charge in [-0.1, -0.05) is 22.9 Å². The first-order chi connectivity index (χ1) is 4.63. The summed E-state index contributed by atoms with van der Waals surface area (Å²) in [6.45, 7) is 3.66. The number of carbonyl (C=O) groups is 1. The van der Waals surface area contributed by atoms with Gasteiger partial charge >= 0.3 is 0 Å². The van der Waals surface area contributed by atoms with E-state index in [2.05, 4.69) is 22.9 Å². The van der Waals surface area contributed by atoms with Crippen molar-refractivity contribution in [3.05, 3.63) is 0 Å². The van der Waals surface area contributed by atoms with E-state index >= 15 is 0 Å². The van der Waals surface area contributed by atoms with E-state index in [1.54, 1.807) is 11.8 Å². The van der Waals surface area contributed by atoms with Gasteiger partial charge in [-0.25, -0.2) is 0 Å². The van der Waals surface area contributed by atoms with Crippen LogP contribution in [0.1, 0.15) is 20.3 Å². The second-order valence-electron chi connectivity index (χ2n) is 2.35. The Morgan fingerprint density at radius 2 is 2.20 bits per heavy atom. The van der Waals surface area contributed by atoms with Crippen LogP contribution in [0.15, 0.2) is 0 Å². The summed E-state index contributed by atoms with van der Waals surface area (Å²) in [5.74, 6) is 0.131. The summed E-state index contributed by atoms with van der Waals surface area (Å²) in [4.78, 5) is 12.6. The van der Waals surface area contributed by atoms with Crippen LogP contribution in [0.5, 0.6) is 0 Å². The van der Waals surface area contributed by atoms with Gasteiger partial charge in [0.15, 0.2) is 0 Å². The van der Waals surface area contributed by atoms with Gasteiger partial charge in [0.2, 0.25) is 5.91 Å². The Labute approximate surface area is 70.7 Å². The van der Waals surface area contributed by atoms with Crippen molar-refractivity contribution < 1.29 is 4.79 Å². The van der Waals surface area contributed by atoms with Crippen molar-refractivity contribution in [3.8, 4) is 0 Å². The van der Waals surface area contributed by atoms with Gasteiger partial charge in [0, 0.05) is 25.3 Å². The molecule has 0 N–H and O–H groups in total. The molecule has 1 amide bonds. The molecule has 0 spiro atoms. The van der Waals surface area contributed by atoms with Crippen molar-refractivity contribution in [1.82, 2.24) is 4.90 Å². The van der Waals surface area contributed by atoms with Crippen LogP contribution in [-0.4, -0.2) is 29.2 Å². The normalized spacial score (nSPS) is 12.8. The average molecular weight is 208 g/mol. The maximum absolute atomic E-state index is 10.8. The van der Waals surface area contributed by atoms with Gasteiger partial charge in [0.25, 0.3) is 0 Å². The van der Waals surface area contributed by atoms with Crippen molar-refractivity contribution in [2.75, 3.05) is 12.4 Å². The Morgan fingerprint density at radius 1 is 1.70 bits per heavy atom. The average Bonchev–Trinajstić information content (AvgIpc) is 1.90. The third-order valence-electron chi connectivity index (χ3n) is 1.69. The summed E-state index contributed by atoms with van der Waals surface area (Å²) >= 11 is 3.35. The molecule has 1 unspecified atom stereocenters. The standard InChI is InChI=1S/C7H14BrNO/c1-4-7(5-8)9(3)6(2)10/h7H,4-5H2,1-3H3. The molecule has 0 aromatic heterocycles. The Morgan fingerprint density at radius 3 is 2.30 bits per heavy atom. The van der Waals surface area contributed by atoms with Crippen LogP contribution in [-0.2, 0) is 4.79 Å². The van der Waals surface area contributed by atoms with E-state index in [-0.39, 0.29) is 5.91 Å². The number of rotatable bonds is 3. The quantitative estimate of drug-likeness (QED) is 0.645. The molecular formula is C7H14BrNO. The third-order valence-corrected chi connectivity index (χ3v) is 2.44. The Kier molecular flexibility index (Phi) is 4.69. The maximum Gasteiger partial charge on any atom is 0.219 e. The molecular weight excluding hydrogens is 194 g/mol. The Balaban J connectivity index is 3.88. The molecule has 60 valence electrons. The lowest BCUT2D eigenvalue weighted by molar-refractivity contribution is -0.129. The van der Waals surface area contributed by atoms with Gasteiger partial charge in [0.05, 0.1) is 0 Å². The van der Waals surface area contributed by atoms with E-state index in [9.17, 15) is 4.79 Å². The number of hydrogen-bond donors (Lipinski definition) is 0. The third kappa shape index (κ3) is 2.69. The number of halogens is 1. The molecule has 0 aliphatic carbocycles. The molecule has 3 heteroatoms. The molecule has 0 fully saturated rings. The second kappa shape index (κ2) is 4.72. The highest BCUT2D eigenvalue weighted by molar-refractivity contribution is 9.09. The van der Waals surface area contributed by atoms with Crippen molar-refractivity contribution in [1.29, 1.82) is 0 Å². The molecule has 10 heavy (non-hydrogen) atoms. The Hall–Kier alpha value is -0.0500. The summed E-state index contributed by atoms with van der Waals surface area (Å²) in [5.41, 5.74) is 0. The van der Waals surface area contributed by atoms with Gasteiger partial charge in [-0.2, -0.15) is 0 Å². The van der Waals surface area contributed by atoms with Gasteiger partial charge < -0.3 is 4.90 Å². The molecule has 0 aliphatic rings. The molecule has 0 radical (unpaired) electrons. The van der Waals surface area contributed by atoms with Gasteiger partial charge in [-0.05, 0) is 6.42 Å². The SMILES string of the molecule is CCC(CBr)N(C)C(C)=O. The Bertz CT molecular complexity index is 112. The largest absolute Gasteiger partial charge is 0.342 e. The number of hydrogen-bond acceptors (Lipinski definition) is 1.